The zero-order chi connectivity index (χ0) is 12.8. The lowest BCUT2D eigenvalue weighted by Gasteiger charge is -2.21. The van der Waals surface area contributed by atoms with Crippen LogP contribution in [-0.4, -0.2) is 25.6 Å². The topological polar surface area (TPSA) is 15.3 Å². The number of hydrazine groups is 1. The van der Waals surface area contributed by atoms with Crippen LogP contribution in [0.5, 0.6) is 0 Å². The maximum atomic E-state index is 3.38. The van der Waals surface area contributed by atoms with Gasteiger partial charge in [-0.1, -0.05) is 60.7 Å². The third kappa shape index (κ3) is 3.42. The molecule has 0 saturated carbocycles. The van der Waals surface area contributed by atoms with E-state index in [1.807, 2.05) is 19.1 Å². The number of nitrogens with zero attached hydrogens (tertiary/aromatic N) is 1. The van der Waals surface area contributed by atoms with Crippen molar-refractivity contribution in [3.8, 4) is 0 Å². The quantitative estimate of drug-likeness (QED) is 0.808. The van der Waals surface area contributed by atoms with Gasteiger partial charge in [0, 0.05) is 26.6 Å². The van der Waals surface area contributed by atoms with Crippen LogP contribution < -0.4 is 5.43 Å². The summed E-state index contributed by atoms with van der Waals surface area (Å²) >= 11 is 0. The second-order valence-corrected chi connectivity index (χ2v) is 4.63. The first-order valence-electron chi connectivity index (χ1n) is 6.28. The molecule has 0 aliphatic rings. The largest absolute Gasteiger partial charge is 0.255 e. The van der Waals surface area contributed by atoms with E-state index in [2.05, 4.69) is 66.1 Å². The molecule has 0 atom stereocenters. The number of rotatable bonds is 5. The summed E-state index contributed by atoms with van der Waals surface area (Å²) in [4.78, 5) is 0. The van der Waals surface area contributed by atoms with Crippen molar-refractivity contribution in [2.45, 2.75) is 5.92 Å². The van der Waals surface area contributed by atoms with E-state index in [1.54, 1.807) is 0 Å². The van der Waals surface area contributed by atoms with Gasteiger partial charge in [-0.2, -0.15) is 0 Å². The fourth-order valence-electron chi connectivity index (χ4n) is 2.07. The second kappa shape index (κ2) is 6.34. The van der Waals surface area contributed by atoms with E-state index in [1.165, 1.54) is 11.1 Å². The van der Waals surface area contributed by atoms with E-state index in [9.17, 15) is 0 Å². The lowest BCUT2D eigenvalue weighted by atomic mass is 9.91. The molecule has 0 heterocycles. The van der Waals surface area contributed by atoms with Gasteiger partial charge in [-0.05, 0) is 11.1 Å². The number of nitrogens with one attached hydrogen (secondary N) is 1. The van der Waals surface area contributed by atoms with Gasteiger partial charge in [0.25, 0.3) is 0 Å². The average molecular weight is 240 g/mol. The van der Waals surface area contributed by atoms with Crippen molar-refractivity contribution < 1.29 is 0 Å². The lowest BCUT2D eigenvalue weighted by molar-refractivity contribution is 0.285. The fourth-order valence-corrected chi connectivity index (χ4v) is 2.07. The lowest BCUT2D eigenvalue weighted by Crippen LogP contribution is -2.34. The fraction of sp³-hybridized carbons (Fsp3) is 0.250. The van der Waals surface area contributed by atoms with Crippen molar-refractivity contribution in [1.29, 1.82) is 0 Å². The predicted octanol–water partition coefficient (Wildman–Crippen LogP) is 2.88. The average Bonchev–Trinajstić information content (AvgIpc) is 2.41. The highest BCUT2D eigenvalue weighted by molar-refractivity contribution is 5.32. The molecule has 0 aliphatic heterocycles. The van der Waals surface area contributed by atoms with E-state index < -0.39 is 0 Å². The van der Waals surface area contributed by atoms with Gasteiger partial charge in [-0.15, -0.1) is 0 Å². The number of hydrogen-bond acceptors (Lipinski definition) is 2. The standard InChI is InChI=1S/C16H20N2/c1-18(2)17-13-16(14-9-5-3-6-10-14)15-11-7-4-8-12-15/h3-12,16-17H,13H2,1-2H3. The molecule has 2 aromatic rings. The molecule has 0 fully saturated rings. The third-order valence-corrected chi connectivity index (χ3v) is 3.02. The van der Waals surface area contributed by atoms with E-state index in [-0.39, 0.29) is 0 Å². The molecule has 2 heteroatoms. The van der Waals surface area contributed by atoms with Crippen LogP contribution in [0.1, 0.15) is 17.0 Å². The molecule has 2 aromatic carbocycles. The summed E-state index contributed by atoms with van der Waals surface area (Å²) in [5.74, 6) is 0.384. The van der Waals surface area contributed by atoms with Gasteiger partial charge in [0.05, 0.1) is 0 Å². The molecule has 2 rings (SSSR count). The molecule has 0 amide bonds. The molecule has 0 saturated heterocycles. The smallest absolute Gasteiger partial charge is 0.0228 e. The Morgan fingerprint density at radius 1 is 0.833 bits per heavy atom. The van der Waals surface area contributed by atoms with Gasteiger partial charge < -0.3 is 0 Å². The summed E-state index contributed by atoms with van der Waals surface area (Å²) in [6, 6.07) is 21.3. The van der Waals surface area contributed by atoms with Gasteiger partial charge in [0.1, 0.15) is 0 Å². The zero-order valence-electron chi connectivity index (χ0n) is 11.0. The molecule has 0 radical (unpaired) electrons. The van der Waals surface area contributed by atoms with Crippen LogP contribution in [0.15, 0.2) is 60.7 Å². The van der Waals surface area contributed by atoms with Gasteiger partial charge in [0.2, 0.25) is 0 Å². The SMILES string of the molecule is CN(C)NCC(c1ccccc1)c1ccccc1. The maximum absolute atomic E-state index is 3.38. The summed E-state index contributed by atoms with van der Waals surface area (Å²) in [6.45, 7) is 0.904. The Labute approximate surface area is 109 Å². The van der Waals surface area contributed by atoms with Crippen molar-refractivity contribution in [2.24, 2.45) is 0 Å². The van der Waals surface area contributed by atoms with Crippen molar-refractivity contribution in [2.75, 3.05) is 20.6 Å². The van der Waals surface area contributed by atoms with E-state index in [0.717, 1.165) is 6.54 Å². The van der Waals surface area contributed by atoms with Gasteiger partial charge in [-0.3, -0.25) is 10.4 Å². The molecule has 0 unspecified atom stereocenters. The first kappa shape index (κ1) is 12.8. The Hall–Kier alpha value is -1.64. The maximum Gasteiger partial charge on any atom is 0.0228 e. The van der Waals surface area contributed by atoms with Gasteiger partial charge >= 0.3 is 0 Å². The zero-order valence-corrected chi connectivity index (χ0v) is 11.0. The molecule has 1 N–H and O–H groups in total. The minimum atomic E-state index is 0.384. The molecule has 2 nitrogen and oxygen atoms in total. The number of hydrogen-bond donors (Lipinski definition) is 1. The van der Waals surface area contributed by atoms with Crippen LogP contribution in [0, 0.1) is 0 Å². The minimum Gasteiger partial charge on any atom is -0.255 e. The first-order chi connectivity index (χ1) is 8.77. The van der Waals surface area contributed by atoms with Crippen LogP contribution in [0.25, 0.3) is 0 Å². The molecular formula is C16H20N2. The highest BCUT2D eigenvalue weighted by Crippen LogP contribution is 2.23. The molecule has 18 heavy (non-hydrogen) atoms. The first-order valence-corrected chi connectivity index (χ1v) is 6.28. The molecule has 0 aliphatic carbocycles. The molecule has 0 spiro atoms. The Bertz CT molecular complexity index is 412. The monoisotopic (exact) mass is 240 g/mol. The molecular weight excluding hydrogens is 220 g/mol. The summed E-state index contributed by atoms with van der Waals surface area (Å²) < 4.78 is 0. The Balaban J connectivity index is 2.24. The summed E-state index contributed by atoms with van der Waals surface area (Å²) in [6.07, 6.45) is 0. The van der Waals surface area contributed by atoms with Crippen molar-refractivity contribution in [1.82, 2.24) is 10.4 Å². The van der Waals surface area contributed by atoms with Crippen molar-refractivity contribution in [3.63, 3.8) is 0 Å². The Morgan fingerprint density at radius 2 is 1.28 bits per heavy atom. The van der Waals surface area contributed by atoms with Crippen molar-refractivity contribution >= 4 is 0 Å². The molecule has 0 bridgehead atoms. The Kier molecular flexibility index (Phi) is 4.51. The normalized spacial score (nSPS) is 11.1. The summed E-state index contributed by atoms with van der Waals surface area (Å²) in [5.41, 5.74) is 6.07. The van der Waals surface area contributed by atoms with E-state index in [0.29, 0.717) is 5.92 Å². The van der Waals surface area contributed by atoms with Gasteiger partial charge in [0.15, 0.2) is 0 Å². The number of benzene rings is 2. The van der Waals surface area contributed by atoms with Crippen LogP contribution >= 0.6 is 0 Å². The third-order valence-electron chi connectivity index (χ3n) is 3.02. The molecule has 0 aromatic heterocycles. The van der Waals surface area contributed by atoms with Crippen LogP contribution in [0.4, 0.5) is 0 Å². The molecule has 94 valence electrons. The van der Waals surface area contributed by atoms with Crippen LogP contribution in [0.2, 0.25) is 0 Å². The highest BCUT2D eigenvalue weighted by atomic mass is 15.5. The summed E-state index contributed by atoms with van der Waals surface area (Å²) in [7, 11) is 4.04. The minimum absolute atomic E-state index is 0.384. The highest BCUT2D eigenvalue weighted by Gasteiger charge is 2.13. The van der Waals surface area contributed by atoms with Crippen LogP contribution in [-0.2, 0) is 0 Å². The summed E-state index contributed by atoms with van der Waals surface area (Å²) in [5, 5.41) is 2.00. The van der Waals surface area contributed by atoms with Crippen LogP contribution in [0.3, 0.4) is 0 Å². The van der Waals surface area contributed by atoms with E-state index >= 15 is 0 Å². The van der Waals surface area contributed by atoms with Crippen molar-refractivity contribution in [3.05, 3.63) is 71.8 Å². The predicted molar refractivity (Wildman–Crippen MR) is 76.4 cm³/mol. The van der Waals surface area contributed by atoms with E-state index in [4.69, 9.17) is 0 Å². The van der Waals surface area contributed by atoms with Gasteiger partial charge in [-0.25, -0.2) is 0 Å². The second-order valence-electron chi connectivity index (χ2n) is 4.63. The Morgan fingerprint density at radius 3 is 1.67 bits per heavy atom.